The van der Waals surface area contributed by atoms with Crippen LogP contribution < -0.4 is 5.73 Å². The van der Waals surface area contributed by atoms with Crippen molar-refractivity contribution < 1.29 is 0 Å². The summed E-state index contributed by atoms with van der Waals surface area (Å²) in [5.41, 5.74) is 8.03. The van der Waals surface area contributed by atoms with Gasteiger partial charge in [0.25, 0.3) is 0 Å². The predicted molar refractivity (Wildman–Crippen MR) is 74.4 cm³/mol. The fourth-order valence-corrected chi connectivity index (χ4v) is 3.03. The smallest absolute Gasteiger partial charge is 0.131 e. The second kappa shape index (κ2) is 5.79. The van der Waals surface area contributed by atoms with E-state index in [1.807, 2.05) is 20.0 Å². The summed E-state index contributed by atoms with van der Waals surface area (Å²) in [5.74, 6) is 2.46. The molecule has 1 heterocycles. The van der Waals surface area contributed by atoms with Gasteiger partial charge in [0.1, 0.15) is 5.82 Å². The van der Waals surface area contributed by atoms with Gasteiger partial charge in [-0.25, -0.2) is 9.97 Å². The summed E-state index contributed by atoms with van der Waals surface area (Å²) in [5, 5.41) is 0. The molecule has 2 N–H and O–H groups in total. The lowest BCUT2D eigenvalue weighted by Gasteiger charge is -2.27. The Bertz CT molecular complexity index is 401. The van der Waals surface area contributed by atoms with Gasteiger partial charge in [-0.3, -0.25) is 0 Å². The Kier molecular flexibility index (Phi) is 4.33. The molecule has 1 aliphatic rings. The van der Waals surface area contributed by atoms with Crippen molar-refractivity contribution in [1.29, 1.82) is 0 Å². The number of nitrogens with two attached hydrogens (primary N) is 1. The molecule has 1 aromatic heterocycles. The molecule has 3 nitrogen and oxygen atoms in total. The van der Waals surface area contributed by atoms with Crippen molar-refractivity contribution in [2.45, 2.75) is 64.8 Å². The molecule has 3 heteroatoms. The van der Waals surface area contributed by atoms with Crippen molar-refractivity contribution in [3.05, 3.63) is 23.3 Å². The van der Waals surface area contributed by atoms with E-state index < -0.39 is 0 Å². The Labute approximate surface area is 110 Å². The molecule has 1 aromatic rings. The first-order valence-electron chi connectivity index (χ1n) is 7.20. The van der Waals surface area contributed by atoms with Gasteiger partial charge in [-0.05, 0) is 32.6 Å². The minimum absolute atomic E-state index is 0.0220. The van der Waals surface area contributed by atoms with Crippen molar-refractivity contribution in [3.63, 3.8) is 0 Å². The van der Waals surface area contributed by atoms with Crippen LogP contribution in [0.5, 0.6) is 0 Å². The van der Waals surface area contributed by atoms with E-state index in [-0.39, 0.29) is 6.04 Å². The van der Waals surface area contributed by atoms with Crippen molar-refractivity contribution in [3.8, 4) is 0 Å². The summed E-state index contributed by atoms with van der Waals surface area (Å²) in [6, 6.07) is 0.0220. The monoisotopic (exact) mass is 247 g/mol. The lowest BCUT2D eigenvalue weighted by atomic mass is 9.80. The highest BCUT2D eigenvalue weighted by Gasteiger charge is 2.24. The molecule has 0 radical (unpaired) electrons. The van der Waals surface area contributed by atoms with E-state index in [0.29, 0.717) is 5.92 Å². The van der Waals surface area contributed by atoms with E-state index in [2.05, 4.69) is 11.9 Å². The predicted octanol–water partition coefficient (Wildman–Crippen LogP) is 3.49. The molecule has 0 amide bonds. The standard InChI is InChI=1S/C15H25N3/c1-4-12-6-5-7-13(8-12)15-17-9-14(10(2)16)11(3)18-15/h9-10,12-13H,4-8,16H2,1-3H3/t10-,12?,13?/m1/s1. The Morgan fingerprint density at radius 3 is 2.83 bits per heavy atom. The van der Waals surface area contributed by atoms with Gasteiger partial charge in [-0.15, -0.1) is 0 Å². The van der Waals surface area contributed by atoms with Gasteiger partial charge in [0.2, 0.25) is 0 Å². The van der Waals surface area contributed by atoms with Crippen LogP contribution in [0.2, 0.25) is 0 Å². The van der Waals surface area contributed by atoms with E-state index in [0.717, 1.165) is 23.0 Å². The van der Waals surface area contributed by atoms with Gasteiger partial charge in [-0.1, -0.05) is 26.2 Å². The van der Waals surface area contributed by atoms with Crippen LogP contribution in [-0.2, 0) is 0 Å². The molecular weight excluding hydrogens is 222 g/mol. The first kappa shape index (κ1) is 13.5. The molecule has 1 fully saturated rings. The van der Waals surface area contributed by atoms with Crippen molar-refractivity contribution in [2.75, 3.05) is 0 Å². The van der Waals surface area contributed by atoms with Crippen LogP contribution in [-0.4, -0.2) is 9.97 Å². The minimum atomic E-state index is 0.0220. The van der Waals surface area contributed by atoms with Crippen LogP contribution in [0.25, 0.3) is 0 Å². The summed E-state index contributed by atoms with van der Waals surface area (Å²) in [6.07, 6.45) is 8.41. The fraction of sp³-hybridized carbons (Fsp3) is 0.733. The maximum atomic E-state index is 5.91. The van der Waals surface area contributed by atoms with Crippen LogP contribution in [0.15, 0.2) is 6.20 Å². The van der Waals surface area contributed by atoms with Gasteiger partial charge in [0.15, 0.2) is 0 Å². The zero-order valence-corrected chi connectivity index (χ0v) is 11.8. The first-order valence-corrected chi connectivity index (χ1v) is 7.20. The third kappa shape index (κ3) is 2.89. The molecule has 2 unspecified atom stereocenters. The molecule has 2 rings (SSSR count). The van der Waals surface area contributed by atoms with Gasteiger partial charge in [0.05, 0.1) is 0 Å². The number of hydrogen-bond donors (Lipinski definition) is 1. The van der Waals surface area contributed by atoms with Gasteiger partial charge in [-0.2, -0.15) is 0 Å². The van der Waals surface area contributed by atoms with Crippen LogP contribution in [0, 0.1) is 12.8 Å². The molecule has 0 bridgehead atoms. The highest BCUT2D eigenvalue weighted by molar-refractivity contribution is 5.20. The summed E-state index contributed by atoms with van der Waals surface area (Å²) in [4.78, 5) is 9.26. The fourth-order valence-electron chi connectivity index (χ4n) is 3.03. The maximum Gasteiger partial charge on any atom is 0.131 e. The summed E-state index contributed by atoms with van der Waals surface area (Å²) in [6.45, 7) is 6.32. The Balaban J connectivity index is 2.16. The Hall–Kier alpha value is -0.960. The second-order valence-corrected chi connectivity index (χ2v) is 5.70. The number of nitrogens with zero attached hydrogens (tertiary/aromatic N) is 2. The molecule has 0 spiro atoms. The third-order valence-electron chi connectivity index (χ3n) is 4.25. The average molecular weight is 247 g/mol. The maximum absolute atomic E-state index is 5.91. The Morgan fingerprint density at radius 1 is 1.44 bits per heavy atom. The second-order valence-electron chi connectivity index (χ2n) is 5.70. The third-order valence-corrected chi connectivity index (χ3v) is 4.25. The number of hydrogen-bond acceptors (Lipinski definition) is 3. The molecule has 0 aromatic carbocycles. The minimum Gasteiger partial charge on any atom is -0.324 e. The molecular formula is C15H25N3. The van der Waals surface area contributed by atoms with Crippen LogP contribution >= 0.6 is 0 Å². The summed E-state index contributed by atoms with van der Waals surface area (Å²) < 4.78 is 0. The van der Waals surface area contributed by atoms with Crippen LogP contribution in [0.1, 0.15) is 75.0 Å². The molecule has 1 saturated carbocycles. The quantitative estimate of drug-likeness (QED) is 0.889. The number of aryl methyl sites for hydroxylation is 1. The normalized spacial score (nSPS) is 26.0. The van der Waals surface area contributed by atoms with E-state index >= 15 is 0 Å². The van der Waals surface area contributed by atoms with Gasteiger partial charge in [0, 0.05) is 29.4 Å². The summed E-state index contributed by atoms with van der Waals surface area (Å²) >= 11 is 0. The molecule has 3 atom stereocenters. The van der Waals surface area contributed by atoms with Crippen LogP contribution in [0.4, 0.5) is 0 Å². The Morgan fingerprint density at radius 2 is 2.22 bits per heavy atom. The van der Waals surface area contributed by atoms with E-state index in [9.17, 15) is 0 Å². The highest BCUT2D eigenvalue weighted by Crippen LogP contribution is 2.36. The zero-order chi connectivity index (χ0) is 13.1. The molecule has 100 valence electrons. The van der Waals surface area contributed by atoms with Crippen molar-refractivity contribution in [1.82, 2.24) is 9.97 Å². The SMILES string of the molecule is CCC1CCCC(c2ncc([C@@H](C)N)c(C)n2)C1. The van der Waals surface area contributed by atoms with Gasteiger partial charge < -0.3 is 5.73 Å². The van der Waals surface area contributed by atoms with E-state index in [1.54, 1.807) is 0 Å². The number of aromatic nitrogens is 2. The topological polar surface area (TPSA) is 51.8 Å². The lowest BCUT2D eigenvalue weighted by molar-refractivity contribution is 0.307. The number of rotatable bonds is 3. The molecule has 18 heavy (non-hydrogen) atoms. The van der Waals surface area contributed by atoms with Crippen molar-refractivity contribution >= 4 is 0 Å². The van der Waals surface area contributed by atoms with Crippen LogP contribution in [0.3, 0.4) is 0 Å². The zero-order valence-electron chi connectivity index (χ0n) is 11.8. The lowest BCUT2D eigenvalue weighted by Crippen LogP contribution is -2.17. The first-order chi connectivity index (χ1) is 8.61. The largest absolute Gasteiger partial charge is 0.324 e. The highest BCUT2D eigenvalue weighted by atomic mass is 14.9. The molecule has 0 aliphatic heterocycles. The van der Waals surface area contributed by atoms with E-state index in [4.69, 9.17) is 10.7 Å². The average Bonchev–Trinajstić information content (AvgIpc) is 2.38. The van der Waals surface area contributed by atoms with Crippen molar-refractivity contribution in [2.24, 2.45) is 11.7 Å². The van der Waals surface area contributed by atoms with Gasteiger partial charge >= 0.3 is 0 Å². The molecule has 1 aliphatic carbocycles. The molecule has 0 saturated heterocycles. The van der Waals surface area contributed by atoms with E-state index in [1.165, 1.54) is 32.1 Å². The summed E-state index contributed by atoms with van der Waals surface area (Å²) in [7, 11) is 0.